The van der Waals surface area contributed by atoms with Gasteiger partial charge in [-0.25, -0.2) is 4.39 Å². The standard InChI is InChI=1S/C13H9FN2/c14-13-6-3-10(7-11(13)8-15)9-1-4-12(16)5-2-9/h1-7H,16H2. The van der Waals surface area contributed by atoms with Crippen molar-refractivity contribution in [2.24, 2.45) is 0 Å². The highest BCUT2D eigenvalue weighted by Crippen LogP contribution is 2.22. The van der Waals surface area contributed by atoms with Crippen LogP contribution in [0.2, 0.25) is 0 Å². The molecule has 0 atom stereocenters. The molecule has 2 nitrogen and oxygen atoms in total. The van der Waals surface area contributed by atoms with E-state index in [1.165, 1.54) is 12.1 Å². The van der Waals surface area contributed by atoms with E-state index in [1.54, 1.807) is 18.2 Å². The Morgan fingerprint density at radius 3 is 2.25 bits per heavy atom. The predicted molar refractivity (Wildman–Crippen MR) is 61.0 cm³/mol. The van der Waals surface area contributed by atoms with Crippen LogP contribution in [0.3, 0.4) is 0 Å². The molecule has 0 unspecified atom stereocenters. The van der Waals surface area contributed by atoms with Crippen LogP contribution in [-0.2, 0) is 0 Å². The summed E-state index contributed by atoms with van der Waals surface area (Å²) in [6.45, 7) is 0. The van der Waals surface area contributed by atoms with Crippen LogP contribution in [0.1, 0.15) is 5.56 Å². The van der Waals surface area contributed by atoms with E-state index in [4.69, 9.17) is 11.0 Å². The third-order valence-corrected chi connectivity index (χ3v) is 2.33. The average molecular weight is 212 g/mol. The number of rotatable bonds is 1. The van der Waals surface area contributed by atoms with Gasteiger partial charge < -0.3 is 5.73 Å². The normalized spacial score (nSPS) is 9.75. The number of nitriles is 1. The smallest absolute Gasteiger partial charge is 0.140 e. The Labute approximate surface area is 92.8 Å². The molecule has 0 spiro atoms. The Kier molecular flexibility index (Phi) is 2.57. The molecule has 0 amide bonds. The highest BCUT2D eigenvalue weighted by molar-refractivity contribution is 5.67. The van der Waals surface area contributed by atoms with Gasteiger partial charge in [0.1, 0.15) is 11.9 Å². The summed E-state index contributed by atoms with van der Waals surface area (Å²) < 4.78 is 13.1. The Morgan fingerprint density at radius 2 is 1.62 bits per heavy atom. The molecule has 0 aliphatic carbocycles. The number of hydrogen-bond donors (Lipinski definition) is 1. The van der Waals surface area contributed by atoms with E-state index in [0.29, 0.717) is 5.69 Å². The SMILES string of the molecule is N#Cc1cc(-c2ccc(N)cc2)ccc1F. The number of nitrogens with two attached hydrogens (primary N) is 1. The fraction of sp³-hybridized carbons (Fsp3) is 0. The molecule has 0 saturated carbocycles. The Balaban J connectivity index is 2.49. The Bertz CT molecular complexity index is 553. The molecule has 0 heterocycles. The zero-order valence-corrected chi connectivity index (χ0v) is 8.44. The van der Waals surface area contributed by atoms with Crippen molar-refractivity contribution < 1.29 is 4.39 Å². The summed E-state index contributed by atoms with van der Waals surface area (Å²) in [6, 6.07) is 13.5. The van der Waals surface area contributed by atoms with Crippen molar-refractivity contribution in [3.05, 3.63) is 53.8 Å². The van der Waals surface area contributed by atoms with E-state index in [2.05, 4.69) is 0 Å². The van der Waals surface area contributed by atoms with Crippen molar-refractivity contribution >= 4 is 5.69 Å². The second-order valence-corrected chi connectivity index (χ2v) is 3.43. The molecule has 3 heteroatoms. The van der Waals surface area contributed by atoms with E-state index < -0.39 is 5.82 Å². The van der Waals surface area contributed by atoms with E-state index >= 15 is 0 Å². The van der Waals surface area contributed by atoms with Crippen LogP contribution in [0.4, 0.5) is 10.1 Å². The first-order valence-electron chi connectivity index (χ1n) is 4.76. The molecule has 0 aliphatic heterocycles. The number of anilines is 1. The van der Waals surface area contributed by atoms with E-state index in [0.717, 1.165) is 11.1 Å². The van der Waals surface area contributed by atoms with Crippen molar-refractivity contribution in [3.8, 4) is 17.2 Å². The van der Waals surface area contributed by atoms with Gasteiger partial charge in [0.05, 0.1) is 5.56 Å². The maximum Gasteiger partial charge on any atom is 0.140 e. The molecule has 2 N–H and O–H groups in total. The average Bonchev–Trinajstić information content (AvgIpc) is 2.31. The van der Waals surface area contributed by atoms with Gasteiger partial charge >= 0.3 is 0 Å². The third kappa shape index (κ3) is 1.86. The molecule has 0 fully saturated rings. The van der Waals surface area contributed by atoms with E-state index in [1.807, 2.05) is 18.2 Å². The first kappa shape index (κ1) is 10.2. The van der Waals surface area contributed by atoms with Gasteiger partial charge in [0.25, 0.3) is 0 Å². The molecule has 0 aromatic heterocycles. The molecule has 0 bridgehead atoms. The van der Waals surface area contributed by atoms with Crippen molar-refractivity contribution in [1.82, 2.24) is 0 Å². The lowest BCUT2D eigenvalue weighted by atomic mass is 10.0. The molecule has 0 radical (unpaired) electrons. The zero-order chi connectivity index (χ0) is 11.5. The van der Waals surface area contributed by atoms with Crippen LogP contribution in [0.15, 0.2) is 42.5 Å². The fourth-order valence-corrected chi connectivity index (χ4v) is 1.47. The number of hydrogen-bond acceptors (Lipinski definition) is 2. The quantitative estimate of drug-likeness (QED) is 0.739. The van der Waals surface area contributed by atoms with Gasteiger partial charge in [0.2, 0.25) is 0 Å². The van der Waals surface area contributed by atoms with E-state index in [-0.39, 0.29) is 5.56 Å². The number of halogens is 1. The van der Waals surface area contributed by atoms with Crippen molar-refractivity contribution in [3.63, 3.8) is 0 Å². The molecule has 16 heavy (non-hydrogen) atoms. The monoisotopic (exact) mass is 212 g/mol. The van der Waals surface area contributed by atoms with Crippen LogP contribution in [0, 0.1) is 17.1 Å². The summed E-state index contributed by atoms with van der Waals surface area (Å²) >= 11 is 0. The van der Waals surface area contributed by atoms with Gasteiger partial charge in [-0.15, -0.1) is 0 Å². The van der Waals surface area contributed by atoms with Crippen molar-refractivity contribution in [2.75, 3.05) is 5.73 Å². The molecule has 2 aromatic carbocycles. The van der Waals surface area contributed by atoms with Crippen molar-refractivity contribution in [2.45, 2.75) is 0 Å². The number of benzene rings is 2. The molecular formula is C13H9FN2. The van der Waals surface area contributed by atoms with Crippen LogP contribution in [-0.4, -0.2) is 0 Å². The minimum absolute atomic E-state index is 0.0503. The van der Waals surface area contributed by atoms with Crippen LogP contribution < -0.4 is 5.73 Å². The Morgan fingerprint density at radius 1 is 1.00 bits per heavy atom. The summed E-state index contributed by atoms with van der Waals surface area (Å²) in [6.07, 6.45) is 0. The fourth-order valence-electron chi connectivity index (χ4n) is 1.47. The molecule has 0 aliphatic rings. The highest BCUT2D eigenvalue weighted by atomic mass is 19.1. The summed E-state index contributed by atoms with van der Waals surface area (Å²) in [5.74, 6) is -0.498. The van der Waals surface area contributed by atoms with Crippen LogP contribution in [0.5, 0.6) is 0 Å². The molecule has 78 valence electrons. The summed E-state index contributed by atoms with van der Waals surface area (Å²) in [5, 5.41) is 8.72. The summed E-state index contributed by atoms with van der Waals surface area (Å²) in [5.41, 5.74) is 8.01. The van der Waals surface area contributed by atoms with Gasteiger partial charge in [-0.1, -0.05) is 18.2 Å². The first-order valence-corrected chi connectivity index (χ1v) is 4.76. The largest absolute Gasteiger partial charge is 0.399 e. The first-order chi connectivity index (χ1) is 7.70. The zero-order valence-electron chi connectivity index (χ0n) is 8.44. The van der Waals surface area contributed by atoms with Gasteiger partial charge in [-0.3, -0.25) is 0 Å². The van der Waals surface area contributed by atoms with Gasteiger partial charge in [0.15, 0.2) is 0 Å². The topological polar surface area (TPSA) is 49.8 Å². The molecule has 2 rings (SSSR count). The second kappa shape index (κ2) is 4.03. The lowest BCUT2D eigenvalue weighted by molar-refractivity contribution is 0.624. The maximum atomic E-state index is 13.1. The predicted octanol–water partition coefficient (Wildman–Crippen LogP) is 2.95. The summed E-state index contributed by atoms with van der Waals surface area (Å²) in [7, 11) is 0. The lowest BCUT2D eigenvalue weighted by Gasteiger charge is -2.03. The van der Waals surface area contributed by atoms with Gasteiger partial charge in [0, 0.05) is 5.69 Å². The summed E-state index contributed by atoms with van der Waals surface area (Å²) in [4.78, 5) is 0. The number of nitrogens with zero attached hydrogens (tertiary/aromatic N) is 1. The second-order valence-electron chi connectivity index (χ2n) is 3.43. The maximum absolute atomic E-state index is 13.1. The van der Waals surface area contributed by atoms with Gasteiger partial charge in [-0.2, -0.15) is 5.26 Å². The minimum Gasteiger partial charge on any atom is -0.399 e. The lowest BCUT2D eigenvalue weighted by Crippen LogP contribution is -1.87. The highest BCUT2D eigenvalue weighted by Gasteiger charge is 2.04. The van der Waals surface area contributed by atoms with Crippen LogP contribution >= 0.6 is 0 Å². The van der Waals surface area contributed by atoms with Gasteiger partial charge in [-0.05, 0) is 35.4 Å². The molecule has 0 saturated heterocycles. The van der Waals surface area contributed by atoms with Crippen molar-refractivity contribution in [1.29, 1.82) is 5.26 Å². The third-order valence-electron chi connectivity index (χ3n) is 2.33. The Hall–Kier alpha value is -2.34. The minimum atomic E-state index is -0.498. The molecular weight excluding hydrogens is 203 g/mol. The van der Waals surface area contributed by atoms with Crippen LogP contribution in [0.25, 0.3) is 11.1 Å². The van der Waals surface area contributed by atoms with E-state index in [9.17, 15) is 4.39 Å². The molecule has 2 aromatic rings. The number of nitrogen functional groups attached to an aromatic ring is 1.